The molecule has 7 nitrogen and oxygen atoms in total. The number of hydrogen-bond donors (Lipinski definition) is 1. The van der Waals surface area contributed by atoms with Crippen LogP contribution in [0.5, 0.6) is 11.5 Å². The summed E-state index contributed by atoms with van der Waals surface area (Å²) in [5, 5.41) is 0. The monoisotopic (exact) mass is 486 g/mol. The standard InChI is InChI=1S/C19H20BrFN2O5S/c1-4-28-17-7-11(5-6-16(17)27-2)15(10-29(3,25)26)23-18-13(21)8-12(20)9-14(18)22-19(23)24/h5-9,15H,4,10H2,1-3H3,(H,22,24). The molecule has 0 saturated heterocycles. The van der Waals surface area contributed by atoms with Gasteiger partial charge in [-0.05, 0) is 36.8 Å². The predicted octanol–water partition coefficient (Wildman–Crippen LogP) is 3.27. The number of nitrogens with zero attached hydrogens (tertiary/aromatic N) is 1. The summed E-state index contributed by atoms with van der Waals surface area (Å²) in [5.74, 6) is -0.172. The number of hydrogen-bond acceptors (Lipinski definition) is 5. The zero-order valence-electron chi connectivity index (χ0n) is 16.0. The minimum Gasteiger partial charge on any atom is -0.493 e. The Hall–Kier alpha value is -2.33. The van der Waals surface area contributed by atoms with Crippen LogP contribution in [0.4, 0.5) is 4.39 Å². The molecule has 0 bridgehead atoms. The number of rotatable bonds is 7. The van der Waals surface area contributed by atoms with Crippen LogP contribution in [0.3, 0.4) is 0 Å². The van der Waals surface area contributed by atoms with E-state index in [0.717, 1.165) is 10.8 Å². The van der Waals surface area contributed by atoms with Crippen molar-refractivity contribution in [2.45, 2.75) is 13.0 Å². The third-order valence-corrected chi connectivity index (χ3v) is 5.75. The van der Waals surface area contributed by atoms with Gasteiger partial charge in [0.1, 0.15) is 21.2 Å². The number of aromatic amines is 1. The molecule has 0 aliphatic rings. The molecule has 10 heteroatoms. The van der Waals surface area contributed by atoms with Gasteiger partial charge >= 0.3 is 5.69 Å². The molecule has 2 aromatic carbocycles. The zero-order valence-corrected chi connectivity index (χ0v) is 18.4. The van der Waals surface area contributed by atoms with Gasteiger partial charge in [-0.25, -0.2) is 17.6 Å². The number of nitrogens with one attached hydrogen (secondary N) is 1. The topological polar surface area (TPSA) is 90.4 Å². The van der Waals surface area contributed by atoms with Crippen LogP contribution in [0.15, 0.2) is 39.6 Å². The van der Waals surface area contributed by atoms with Crippen LogP contribution in [0.1, 0.15) is 18.5 Å². The van der Waals surface area contributed by atoms with E-state index in [1.807, 2.05) is 0 Å². The normalized spacial score (nSPS) is 12.9. The Kier molecular flexibility index (Phi) is 6.04. The molecule has 1 atom stereocenters. The Labute approximate surface area is 175 Å². The summed E-state index contributed by atoms with van der Waals surface area (Å²) in [7, 11) is -2.03. The molecular weight excluding hydrogens is 467 g/mol. The summed E-state index contributed by atoms with van der Waals surface area (Å²) in [6.45, 7) is 2.17. The van der Waals surface area contributed by atoms with Crippen LogP contribution < -0.4 is 15.2 Å². The molecule has 1 N–H and O–H groups in total. The Morgan fingerprint density at radius 1 is 1.24 bits per heavy atom. The van der Waals surface area contributed by atoms with E-state index in [1.54, 1.807) is 31.2 Å². The molecule has 0 saturated carbocycles. The first-order valence-corrected chi connectivity index (χ1v) is 11.6. The summed E-state index contributed by atoms with van der Waals surface area (Å²) >= 11 is 3.19. The lowest BCUT2D eigenvalue weighted by molar-refractivity contribution is 0.310. The van der Waals surface area contributed by atoms with E-state index in [9.17, 15) is 17.6 Å². The Morgan fingerprint density at radius 3 is 2.59 bits per heavy atom. The van der Waals surface area contributed by atoms with Crippen LogP contribution in [0.2, 0.25) is 0 Å². The van der Waals surface area contributed by atoms with E-state index >= 15 is 0 Å². The molecule has 0 aliphatic heterocycles. The number of aromatic nitrogens is 2. The van der Waals surface area contributed by atoms with Crippen LogP contribution in [-0.2, 0) is 9.84 Å². The second-order valence-electron chi connectivity index (χ2n) is 6.54. The summed E-state index contributed by atoms with van der Waals surface area (Å²) in [6, 6.07) is 6.70. The molecule has 1 unspecified atom stereocenters. The molecule has 156 valence electrons. The van der Waals surface area contributed by atoms with Crippen LogP contribution in [-0.4, -0.2) is 43.7 Å². The van der Waals surface area contributed by atoms with Crippen molar-refractivity contribution in [2.24, 2.45) is 0 Å². The smallest absolute Gasteiger partial charge is 0.327 e. The van der Waals surface area contributed by atoms with Crippen molar-refractivity contribution in [1.82, 2.24) is 9.55 Å². The number of imidazole rings is 1. The molecule has 0 spiro atoms. The maximum Gasteiger partial charge on any atom is 0.327 e. The van der Waals surface area contributed by atoms with E-state index < -0.39 is 33.1 Å². The first-order valence-electron chi connectivity index (χ1n) is 8.72. The van der Waals surface area contributed by atoms with Gasteiger partial charge in [-0.15, -0.1) is 0 Å². The molecule has 0 radical (unpaired) electrons. The van der Waals surface area contributed by atoms with Crippen molar-refractivity contribution in [2.75, 3.05) is 25.7 Å². The number of H-pyrrole nitrogens is 1. The largest absolute Gasteiger partial charge is 0.493 e. The molecule has 1 heterocycles. The second kappa shape index (κ2) is 8.19. The van der Waals surface area contributed by atoms with E-state index in [2.05, 4.69) is 20.9 Å². The quantitative estimate of drug-likeness (QED) is 0.553. The van der Waals surface area contributed by atoms with E-state index in [-0.39, 0.29) is 11.0 Å². The lowest BCUT2D eigenvalue weighted by atomic mass is 10.1. The van der Waals surface area contributed by atoms with Crippen molar-refractivity contribution < 1.29 is 22.3 Å². The molecule has 0 fully saturated rings. The van der Waals surface area contributed by atoms with E-state index in [0.29, 0.717) is 28.1 Å². The number of benzene rings is 2. The highest BCUT2D eigenvalue weighted by atomic mass is 79.9. The molecular formula is C19H20BrFN2O5S. The fourth-order valence-electron chi connectivity index (χ4n) is 3.26. The van der Waals surface area contributed by atoms with Gasteiger partial charge in [0.15, 0.2) is 11.5 Å². The first kappa shape index (κ1) is 21.4. The SMILES string of the molecule is CCOc1cc(C(CS(C)(=O)=O)n2c(=O)[nH]c3cc(Br)cc(F)c32)ccc1OC. The third-order valence-electron chi connectivity index (χ3n) is 4.37. The maximum atomic E-state index is 14.7. The Balaban J connectivity index is 2.28. The van der Waals surface area contributed by atoms with Gasteiger partial charge in [-0.1, -0.05) is 22.0 Å². The van der Waals surface area contributed by atoms with Crippen molar-refractivity contribution in [3.63, 3.8) is 0 Å². The highest BCUT2D eigenvalue weighted by Crippen LogP contribution is 2.33. The minimum absolute atomic E-state index is 0.000581. The fraction of sp³-hybridized carbons (Fsp3) is 0.316. The highest BCUT2D eigenvalue weighted by Gasteiger charge is 2.26. The third kappa shape index (κ3) is 4.48. The van der Waals surface area contributed by atoms with Crippen molar-refractivity contribution >= 4 is 36.8 Å². The number of halogens is 2. The number of fused-ring (bicyclic) bond motifs is 1. The van der Waals surface area contributed by atoms with Crippen molar-refractivity contribution in [1.29, 1.82) is 0 Å². The fourth-order valence-corrected chi connectivity index (χ4v) is 4.60. The summed E-state index contributed by atoms with van der Waals surface area (Å²) in [4.78, 5) is 15.3. The summed E-state index contributed by atoms with van der Waals surface area (Å²) < 4.78 is 51.5. The van der Waals surface area contributed by atoms with Crippen molar-refractivity contribution in [3.05, 3.63) is 56.7 Å². The van der Waals surface area contributed by atoms with Crippen LogP contribution >= 0.6 is 15.9 Å². The molecule has 0 amide bonds. The first-order chi connectivity index (χ1) is 13.6. The van der Waals surface area contributed by atoms with E-state index in [4.69, 9.17) is 9.47 Å². The number of methoxy groups -OCH3 is 1. The van der Waals surface area contributed by atoms with Gasteiger partial charge < -0.3 is 14.5 Å². The van der Waals surface area contributed by atoms with Gasteiger partial charge in [-0.3, -0.25) is 4.57 Å². The van der Waals surface area contributed by atoms with Crippen LogP contribution in [0, 0.1) is 5.82 Å². The molecule has 3 aromatic rings. The predicted molar refractivity (Wildman–Crippen MR) is 112 cm³/mol. The average molecular weight is 487 g/mol. The van der Waals surface area contributed by atoms with Gasteiger partial charge in [-0.2, -0.15) is 0 Å². The van der Waals surface area contributed by atoms with Gasteiger partial charge in [0.25, 0.3) is 0 Å². The maximum absolute atomic E-state index is 14.7. The van der Waals surface area contributed by atoms with Gasteiger partial charge in [0.2, 0.25) is 0 Å². The molecule has 29 heavy (non-hydrogen) atoms. The van der Waals surface area contributed by atoms with E-state index in [1.165, 1.54) is 13.2 Å². The Morgan fingerprint density at radius 2 is 1.97 bits per heavy atom. The molecule has 1 aromatic heterocycles. The highest BCUT2D eigenvalue weighted by molar-refractivity contribution is 9.10. The van der Waals surface area contributed by atoms with Crippen molar-refractivity contribution in [3.8, 4) is 11.5 Å². The van der Waals surface area contributed by atoms with Gasteiger partial charge in [0.05, 0.1) is 31.0 Å². The lowest BCUT2D eigenvalue weighted by Gasteiger charge is -2.20. The minimum atomic E-state index is -3.52. The summed E-state index contributed by atoms with van der Waals surface area (Å²) in [5.41, 5.74) is 0.129. The van der Waals surface area contributed by atoms with Gasteiger partial charge in [0, 0.05) is 10.7 Å². The zero-order chi connectivity index (χ0) is 21.3. The Bertz CT molecular complexity index is 1220. The van der Waals surface area contributed by atoms with Crippen LogP contribution in [0.25, 0.3) is 11.0 Å². The number of sulfone groups is 1. The lowest BCUT2D eigenvalue weighted by Crippen LogP contribution is -2.28. The molecule has 3 rings (SSSR count). The summed E-state index contributed by atoms with van der Waals surface area (Å²) in [6.07, 6.45) is 1.07. The molecule has 0 aliphatic carbocycles. The number of ether oxygens (including phenoxy) is 2. The average Bonchev–Trinajstić information content (AvgIpc) is 2.95. The second-order valence-corrected chi connectivity index (χ2v) is 9.64.